The van der Waals surface area contributed by atoms with Gasteiger partial charge in [-0.3, -0.25) is 9.80 Å². The normalized spacial score (nSPS) is 19.1. The fraction of sp³-hybridized carbons (Fsp3) is 0.900. The Morgan fingerprint density at radius 2 is 1.18 bits per heavy atom. The summed E-state index contributed by atoms with van der Waals surface area (Å²) < 4.78 is 21.7. The monoisotopic (exact) mass is 402 g/mol. The van der Waals surface area contributed by atoms with Crippen LogP contribution in [-0.4, -0.2) is 75.0 Å². The number of carbonyl (C=O) groups excluding carboxylic acids is 2. The van der Waals surface area contributed by atoms with Gasteiger partial charge in [-0.05, 0) is 38.5 Å². The van der Waals surface area contributed by atoms with E-state index in [1.807, 2.05) is 0 Å². The second kappa shape index (κ2) is 14.5. The van der Waals surface area contributed by atoms with Gasteiger partial charge in [-0.1, -0.05) is 26.7 Å². The molecule has 8 heteroatoms. The Bertz CT molecular complexity index is 408. The Balaban J connectivity index is 2.68. The zero-order chi connectivity index (χ0) is 20.8. The highest BCUT2D eigenvalue weighted by molar-refractivity contribution is 5.68. The lowest BCUT2D eigenvalue weighted by Gasteiger charge is -2.33. The van der Waals surface area contributed by atoms with Gasteiger partial charge >= 0.3 is 12.2 Å². The van der Waals surface area contributed by atoms with Crippen LogP contribution in [-0.2, 0) is 18.9 Å². The van der Waals surface area contributed by atoms with E-state index in [1.54, 1.807) is 24.0 Å². The van der Waals surface area contributed by atoms with Gasteiger partial charge in [0.25, 0.3) is 0 Å². The van der Waals surface area contributed by atoms with Crippen molar-refractivity contribution < 1.29 is 28.5 Å². The lowest BCUT2D eigenvalue weighted by molar-refractivity contribution is -0.0615. The highest BCUT2D eigenvalue weighted by Gasteiger charge is 2.33. The number of unbranched alkanes of at least 4 members (excludes halogenated alkanes) is 2. The van der Waals surface area contributed by atoms with Gasteiger partial charge in [0, 0.05) is 27.3 Å². The molecule has 0 aromatic heterocycles. The van der Waals surface area contributed by atoms with Crippen LogP contribution in [0.1, 0.15) is 65.2 Å². The standard InChI is InChI=1S/C20H38N2O6/c1-5-7-13-21(15-25-3)19(23)27-17-11-9-10-12-18(17)28-20(24)22(16-26-4)14-8-6-2/h17-18H,5-16H2,1-4H3. The molecule has 0 heterocycles. The average Bonchev–Trinajstić information content (AvgIpc) is 2.69. The second-order valence-electron chi connectivity index (χ2n) is 7.20. The fourth-order valence-corrected chi connectivity index (χ4v) is 3.17. The van der Waals surface area contributed by atoms with E-state index in [0.29, 0.717) is 25.9 Å². The van der Waals surface area contributed by atoms with Gasteiger partial charge in [-0.25, -0.2) is 9.59 Å². The maximum Gasteiger partial charge on any atom is 0.412 e. The SMILES string of the molecule is CCCCN(COC)C(=O)OC1CCCCC1OC(=O)N(CCCC)COC. The predicted molar refractivity (Wildman–Crippen MR) is 106 cm³/mol. The molecule has 2 amide bonds. The van der Waals surface area contributed by atoms with Crippen LogP contribution in [0.15, 0.2) is 0 Å². The van der Waals surface area contributed by atoms with Crippen molar-refractivity contribution >= 4 is 12.2 Å². The number of ether oxygens (including phenoxy) is 4. The lowest BCUT2D eigenvalue weighted by atomic mass is 9.94. The van der Waals surface area contributed by atoms with E-state index in [9.17, 15) is 9.59 Å². The Hall–Kier alpha value is -1.54. The van der Waals surface area contributed by atoms with Gasteiger partial charge in [-0.2, -0.15) is 0 Å². The summed E-state index contributed by atoms with van der Waals surface area (Å²) in [4.78, 5) is 28.2. The molecule has 0 aliphatic heterocycles. The molecule has 28 heavy (non-hydrogen) atoms. The van der Waals surface area contributed by atoms with Gasteiger partial charge in [-0.15, -0.1) is 0 Å². The van der Waals surface area contributed by atoms with Crippen molar-refractivity contribution in [2.75, 3.05) is 40.8 Å². The van der Waals surface area contributed by atoms with Gasteiger partial charge in [0.15, 0.2) is 0 Å². The third-order valence-electron chi connectivity index (χ3n) is 4.80. The summed E-state index contributed by atoms with van der Waals surface area (Å²) in [6.07, 6.45) is 5.31. The summed E-state index contributed by atoms with van der Waals surface area (Å²) in [5, 5.41) is 0. The molecule has 0 spiro atoms. The maximum atomic E-state index is 12.6. The summed E-state index contributed by atoms with van der Waals surface area (Å²) >= 11 is 0. The molecule has 1 aliphatic rings. The molecule has 2 atom stereocenters. The summed E-state index contributed by atoms with van der Waals surface area (Å²) in [7, 11) is 3.11. The van der Waals surface area contributed by atoms with E-state index < -0.39 is 24.4 Å². The summed E-state index contributed by atoms with van der Waals surface area (Å²) in [5.74, 6) is 0. The molecular formula is C20H38N2O6. The summed E-state index contributed by atoms with van der Waals surface area (Å²) in [5.41, 5.74) is 0. The van der Waals surface area contributed by atoms with E-state index in [2.05, 4.69) is 13.8 Å². The molecule has 0 N–H and O–H groups in total. The zero-order valence-electron chi connectivity index (χ0n) is 18.0. The van der Waals surface area contributed by atoms with E-state index in [0.717, 1.165) is 38.5 Å². The van der Waals surface area contributed by atoms with Gasteiger partial charge in [0.05, 0.1) is 0 Å². The first-order valence-corrected chi connectivity index (χ1v) is 10.5. The van der Waals surface area contributed by atoms with Crippen molar-refractivity contribution in [1.29, 1.82) is 0 Å². The molecule has 0 bridgehead atoms. The molecule has 1 saturated carbocycles. The van der Waals surface area contributed by atoms with Crippen molar-refractivity contribution in [3.63, 3.8) is 0 Å². The number of methoxy groups -OCH3 is 2. The van der Waals surface area contributed by atoms with Crippen LogP contribution in [0.4, 0.5) is 9.59 Å². The van der Waals surface area contributed by atoms with E-state index >= 15 is 0 Å². The highest BCUT2D eigenvalue weighted by Crippen LogP contribution is 2.25. The van der Waals surface area contributed by atoms with Crippen molar-refractivity contribution in [3.8, 4) is 0 Å². The molecule has 0 aromatic carbocycles. The molecule has 8 nitrogen and oxygen atoms in total. The molecule has 0 saturated heterocycles. The molecule has 1 rings (SSSR count). The van der Waals surface area contributed by atoms with Crippen LogP contribution in [0.2, 0.25) is 0 Å². The molecule has 1 aliphatic carbocycles. The summed E-state index contributed by atoms with van der Waals surface area (Å²) in [6, 6.07) is 0. The minimum atomic E-state index is -0.429. The van der Waals surface area contributed by atoms with Gasteiger partial charge in [0.1, 0.15) is 25.7 Å². The van der Waals surface area contributed by atoms with Crippen molar-refractivity contribution in [2.24, 2.45) is 0 Å². The topological polar surface area (TPSA) is 77.5 Å². The quantitative estimate of drug-likeness (QED) is 0.460. The zero-order valence-corrected chi connectivity index (χ0v) is 18.0. The predicted octanol–water partition coefficient (Wildman–Crippen LogP) is 3.98. The number of carbonyl (C=O) groups is 2. The fourth-order valence-electron chi connectivity index (χ4n) is 3.17. The average molecular weight is 403 g/mol. The number of nitrogens with zero attached hydrogens (tertiary/aromatic N) is 2. The molecular weight excluding hydrogens is 364 g/mol. The van der Waals surface area contributed by atoms with Crippen LogP contribution < -0.4 is 0 Å². The second-order valence-corrected chi connectivity index (χ2v) is 7.20. The van der Waals surface area contributed by atoms with Crippen molar-refractivity contribution in [3.05, 3.63) is 0 Å². The first-order chi connectivity index (χ1) is 13.6. The van der Waals surface area contributed by atoms with Gasteiger partial charge < -0.3 is 18.9 Å². The van der Waals surface area contributed by atoms with Crippen LogP contribution >= 0.6 is 0 Å². The third-order valence-corrected chi connectivity index (χ3v) is 4.80. The maximum absolute atomic E-state index is 12.6. The van der Waals surface area contributed by atoms with Gasteiger partial charge in [0.2, 0.25) is 0 Å². The van der Waals surface area contributed by atoms with Crippen molar-refractivity contribution in [1.82, 2.24) is 9.80 Å². The highest BCUT2D eigenvalue weighted by atomic mass is 16.6. The molecule has 164 valence electrons. The Morgan fingerprint density at radius 1 is 0.786 bits per heavy atom. The number of rotatable bonds is 12. The van der Waals surface area contributed by atoms with Crippen LogP contribution in [0, 0.1) is 0 Å². The number of hydrogen-bond donors (Lipinski definition) is 0. The minimum absolute atomic E-state index is 0.189. The Labute approximate surface area is 169 Å². The largest absolute Gasteiger partial charge is 0.442 e. The van der Waals surface area contributed by atoms with Crippen LogP contribution in [0.25, 0.3) is 0 Å². The molecule has 0 aromatic rings. The van der Waals surface area contributed by atoms with E-state index in [-0.39, 0.29) is 13.5 Å². The lowest BCUT2D eigenvalue weighted by Crippen LogP contribution is -2.45. The van der Waals surface area contributed by atoms with E-state index in [1.165, 1.54) is 0 Å². The first kappa shape index (κ1) is 24.5. The third kappa shape index (κ3) is 8.65. The van der Waals surface area contributed by atoms with Crippen molar-refractivity contribution in [2.45, 2.75) is 77.4 Å². The number of hydrogen-bond acceptors (Lipinski definition) is 6. The Kier molecular flexibility index (Phi) is 12.6. The molecule has 0 radical (unpaired) electrons. The molecule has 2 unspecified atom stereocenters. The van der Waals surface area contributed by atoms with Crippen LogP contribution in [0.3, 0.4) is 0 Å². The minimum Gasteiger partial charge on any atom is -0.442 e. The Morgan fingerprint density at radius 3 is 1.50 bits per heavy atom. The number of amides is 2. The smallest absolute Gasteiger partial charge is 0.412 e. The first-order valence-electron chi connectivity index (χ1n) is 10.5. The van der Waals surface area contributed by atoms with Crippen LogP contribution in [0.5, 0.6) is 0 Å². The van der Waals surface area contributed by atoms with E-state index in [4.69, 9.17) is 18.9 Å². The molecule has 1 fully saturated rings. The summed E-state index contributed by atoms with van der Waals surface area (Å²) in [6.45, 7) is 5.68.